The van der Waals surface area contributed by atoms with E-state index in [-0.39, 0.29) is 23.3 Å². The fraction of sp³-hybridized carbons (Fsp3) is 0.435. The number of carbonyl (C=O) groups excluding carboxylic acids is 1. The molecule has 7 heteroatoms. The molecule has 1 aliphatic heterocycles. The van der Waals surface area contributed by atoms with Crippen LogP contribution < -0.4 is 10.1 Å². The van der Waals surface area contributed by atoms with Crippen molar-refractivity contribution in [2.75, 3.05) is 19.0 Å². The molecule has 0 bridgehead atoms. The molecule has 1 fully saturated rings. The quantitative estimate of drug-likeness (QED) is 0.745. The van der Waals surface area contributed by atoms with Gasteiger partial charge in [-0.05, 0) is 69.0 Å². The fourth-order valence-electron chi connectivity index (χ4n) is 4.16. The zero-order valence-electron chi connectivity index (χ0n) is 18.1. The predicted octanol–water partition coefficient (Wildman–Crippen LogP) is 4.19. The zero-order chi connectivity index (χ0) is 21.9. The molecule has 30 heavy (non-hydrogen) atoms. The maximum absolute atomic E-state index is 13.2. The molecule has 0 aromatic heterocycles. The number of nitrogens with one attached hydrogen (secondary N) is 1. The highest BCUT2D eigenvalue weighted by atomic mass is 32.2. The topological polar surface area (TPSA) is 75.7 Å². The van der Waals surface area contributed by atoms with Gasteiger partial charge in [0.05, 0.1) is 12.0 Å². The Morgan fingerprint density at radius 2 is 1.73 bits per heavy atom. The highest BCUT2D eigenvalue weighted by Crippen LogP contribution is 2.29. The highest BCUT2D eigenvalue weighted by molar-refractivity contribution is 7.89. The van der Waals surface area contributed by atoms with E-state index in [0.29, 0.717) is 18.7 Å². The first-order chi connectivity index (χ1) is 14.2. The summed E-state index contributed by atoms with van der Waals surface area (Å²) in [4.78, 5) is 13.0. The molecule has 0 aliphatic carbocycles. The molecule has 1 aliphatic rings. The minimum Gasteiger partial charge on any atom is -0.497 e. The van der Waals surface area contributed by atoms with E-state index in [1.807, 2.05) is 32.9 Å². The van der Waals surface area contributed by atoms with Gasteiger partial charge >= 0.3 is 0 Å². The molecule has 1 atom stereocenters. The minimum atomic E-state index is -3.68. The Labute approximate surface area is 179 Å². The molecule has 2 aromatic carbocycles. The molecular formula is C23H30N2O4S. The van der Waals surface area contributed by atoms with Gasteiger partial charge in [-0.1, -0.05) is 24.1 Å². The van der Waals surface area contributed by atoms with Crippen LogP contribution in [0.3, 0.4) is 0 Å². The molecule has 0 saturated carbocycles. The van der Waals surface area contributed by atoms with Gasteiger partial charge in [0, 0.05) is 24.7 Å². The maximum Gasteiger partial charge on any atom is 0.243 e. The van der Waals surface area contributed by atoms with E-state index in [1.165, 1.54) is 4.31 Å². The van der Waals surface area contributed by atoms with Gasteiger partial charge in [-0.2, -0.15) is 4.31 Å². The minimum absolute atomic E-state index is 0.141. The van der Waals surface area contributed by atoms with E-state index in [0.717, 1.165) is 35.2 Å². The first-order valence-corrected chi connectivity index (χ1v) is 11.7. The number of hydrogen-bond acceptors (Lipinski definition) is 4. The van der Waals surface area contributed by atoms with Crippen molar-refractivity contribution in [2.45, 2.75) is 57.4 Å². The van der Waals surface area contributed by atoms with Crippen LogP contribution in [0.15, 0.2) is 41.3 Å². The Morgan fingerprint density at radius 1 is 1.10 bits per heavy atom. The van der Waals surface area contributed by atoms with Gasteiger partial charge in [-0.25, -0.2) is 8.42 Å². The predicted molar refractivity (Wildman–Crippen MR) is 118 cm³/mol. The number of nitrogens with zero attached hydrogens (tertiary/aromatic N) is 1. The third-order valence-electron chi connectivity index (χ3n) is 5.60. The molecule has 3 rings (SSSR count). The van der Waals surface area contributed by atoms with Gasteiger partial charge in [0.25, 0.3) is 0 Å². The number of benzene rings is 2. The van der Waals surface area contributed by atoms with Gasteiger partial charge < -0.3 is 10.1 Å². The van der Waals surface area contributed by atoms with Crippen molar-refractivity contribution >= 4 is 21.6 Å². The van der Waals surface area contributed by atoms with Gasteiger partial charge in [0.1, 0.15) is 5.75 Å². The van der Waals surface area contributed by atoms with Crippen molar-refractivity contribution in [3.05, 3.63) is 53.1 Å². The van der Waals surface area contributed by atoms with Crippen LogP contribution in [0, 0.1) is 20.8 Å². The van der Waals surface area contributed by atoms with Crippen LogP contribution in [-0.2, 0) is 14.8 Å². The van der Waals surface area contributed by atoms with Crippen molar-refractivity contribution < 1.29 is 17.9 Å². The van der Waals surface area contributed by atoms with Crippen LogP contribution in [0.25, 0.3) is 0 Å². The number of amides is 1. The molecule has 1 N–H and O–H groups in total. The van der Waals surface area contributed by atoms with Gasteiger partial charge in [0.2, 0.25) is 15.9 Å². The number of carbonyl (C=O) groups is 1. The second-order valence-electron chi connectivity index (χ2n) is 7.97. The summed E-state index contributed by atoms with van der Waals surface area (Å²) in [7, 11) is -2.14. The van der Waals surface area contributed by atoms with Crippen molar-refractivity contribution in [2.24, 2.45) is 0 Å². The van der Waals surface area contributed by atoms with Crippen LogP contribution in [0.4, 0.5) is 5.69 Å². The summed E-state index contributed by atoms with van der Waals surface area (Å²) in [5.74, 6) is 0.444. The van der Waals surface area contributed by atoms with Crippen LogP contribution in [0.5, 0.6) is 5.75 Å². The lowest BCUT2D eigenvalue weighted by molar-refractivity contribution is -0.117. The Hall–Kier alpha value is -2.38. The molecule has 1 amide bonds. The smallest absolute Gasteiger partial charge is 0.243 e. The average molecular weight is 431 g/mol. The molecule has 2 aromatic rings. The van der Waals surface area contributed by atoms with Crippen LogP contribution in [-0.4, -0.2) is 38.3 Å². The molecule has 162 valence electrons. The van der Waals surface area contributed by atoms with Gasteiger partial charge in [-0.15, -0.1) is 0 Å². The van der Waals surface area contributed by atoms with Crippen molar-refractivity contribution in [3.63, 3.8) is 0 Å². The Kier molecular flexibility index (Phi) is 6.83. The molecule has 0 spiro atoms. The average Bonchev–Trinajstić information content (AvgIpc) is 2.71. The summed E-state index contributed by atoms with van der Waals surface area (Å²) in [6, 6.07) is 10.1. The van der Waals surface area contributed by atoms with Crippen molar-refractivity contribution in [1.82, 2.24) is 4.31 Å². The second-order valence-corrected chi connectivity index (χ2v) is 9.86. The van der Waals surface area contributed by atoms with E-state index in [1.54, 1.807) is 31.4 Å². The Morgan fingerprint density at radius 3 is 2.33 bits per heavy atom. The Balaban J connectivity index is 1.77. The molecule has 6 nitrogen and oxygen atoms in total. The van der Waals surface area contributed by atoms with Crippen LogP contribution >= 0.6 is 0 Å². The number of ether oxygens (including phenoxy) is 1. The van der Waals surface area contributed by atoms with Crippen molar-refractivity contribution in [3.8, 4) is 5.75 Å². The summed E-state index contributed by atoms with van der Waals surface area (Å²) in [5.41, 5.74) is 3.97. The van der Waals surface area contributed by atoms with Crippen LogP contribution in [0.1, 0.15) is 42.4 Å². The largest absolute Gasteiger partial charge is 0.497 e. The van der Waals surface area contributed by atoms with Crippen molar-refractivity contribution in [1.29, 1.82) is 0 Å². The lowest BCUT2D eigenvalue weighted by atomic mass is 10.0. The van der Waals surface area contributed by atoms with E-state index < -0.39 is 10.0 Å². The second kappa shape index (κ2) is 9.18. The third kappa shape index (κ3) is 4.84. The van der Waals surface area contributed by atoms with E-state index in [2.05, 4.69) is 5.32 Å². The summed E-state index contributed by atoms with van der Waals surface area (Å²) in [6.07, 6.45) is 2.52. The number of aryl methyl sites for hydroxylation is 3. The first-order valence-electron chi connectivity index (χ1n) is 10.3. The summed E-state index contributed by atoms with van der Waals surface area (Å²) in [6.45, 7) is 6.39. The zero-order valence-corrected chi connectivity index (χ0v) is 18.9. The fourth-order valence-corrected chi connectivity index (χ4v) is 5.85. The standard InChI is InChI=1S/C23H30N2O4S/c1-16-13-17(2)23(18(3)14-16)24-22(26)15-19-7-5-6-12-25(19)30(27,28)21-10-8-20(29-4)9-11-21/h8-11,13-14,19H,5-7,12,15H2,1-4H3,(H,24,26)/t19-/m1/s1. The number of piperidine rings is 1. The number of anilines is 1. The molecule has 1 heterocycles. The maximum atomic E-state index is 13.2. The normalized spacial score (nSPS) is 17.5. The first kappa shape index (κ1) is 22.3. The number of hydrogen-bond donors (Lipinski definition) is 1. The monoisotopic (exact) mass is 430 g/mol. The SMILES string of the molecule is COc1ccc(S(=O)(=O)N2CCCC[C@@H]2CC(=O)Nc2c(C)cc(C)cc2C)cc1. The van der Waals surface area contributed by atoms with Crippen LogP contribution in [0.2, 0.25) is 0 Å². The van der Waals surface area contributed by atoms with Gasteiger partial charge in [-0.3, -0.25) is 4.79 Å². The van der Waals surface area contributed by atoms with Gasteiger partial charge in [0.15, 0.2) is 0 Å². The summed E-state index contributed by atoms with van der Waals surface area (Å²) < 4.78 is 33.1. The number of methoxy groups -OCH3 is 1. The molecule has 0 radical (unpaired) electrons. The molecular weight excluding hydrogens is 400 g/mol. The molecule has 0 unspecified atom stereocenters. The number of rotatable bonds is 6. The number of sulfonamides is 1. The van der Waals surface area contributed by atoms with E-state index >= 15 is 0 Å². The van der Waals surface area contributed by atoms with E-state index in [4.69, 9.17) is 4.74 Å². The summed E-state index contributed by atoms with van der Waals surface area (Å²) in [5, 5.41) is 3.00. The highest BCUT2D eigenvalue weighted by Gasteiger charge is 2.34. The lowest BCUT2D eigenvalue weighted by Gasteiger charge is -2.34. The Bertz CT molecular complexity index is 993. The third-order valence-corrected chi connectivity index (χ3v) is 7.57. The lowest BCUT2D eigenvalue weighted by Crippen LogP contribution is -2.45. The molecule has 1 saturated heterocycles. The summed E-state index contributed by atoms with van der Waals surface area (Å²) >= 11 is 0. The van der Waals surface area contributed by atoms with E-state index in [9.17, 15) is 13.2 Å².